The molecular weight excluding hydrogens is 901 g/mol. The minimum absolute atomic E-state index is 0.0573. The Morgan fingerprint density at radius 2 is 1.24 bits per heavy atom. The van der Waals surface area contributed by atoms with Gasteiger partial charge in [-0.05, 0) is 84.6 Å². The molecule has 0 bridgehead atoms. The van der Waals surface area contributed by atoms with Gasteiger partial charge in [0.05, 0.1) is 121 Å². The van der Waals surface area contributed by atoms with Gasteiger partial charge in [-0.25, -0.2) is 0 Å². The normalized spacial score (nSPS) is 55.0. The van der Waals surface area contributed by atoms with Gasteiger partial charge in [-0.3, -0.25) is 0 Å². The van der Waals surface area contributed by atoms with Crippen LogP contribution in [0.25, 0.3) is 0 Å². The van der Waals surface area contributed by atoms with Crippen molar-refractivity contribution in [2.24, 2.45) is 5.92 Å². The van der Waals surface area contributed by atoms with E-state index in [1.807, 2.05) is 19.9 Å². The number of fused-ring (bicyclic) bond motifs is 10. The van der Waals surface area contributed by atoms with Gasteiger partial charge in [-0.15, -0.1) is 6.58 Å². The van der Waals surface area contributed by atoms with Crippen molar-refractivity contribution in [1.82, 2.24) is 0 Å². The molecule has 15 nitrogen and oxygen atoms in total. The molecule has 11 heterocycles. The van der Waals surface area contributed by atoms with Gasteiger partial charge in [0.1, 0.15) is 29.5 Å². The van der Waals surface area contributed by atoms with Crippen LogP contribution in [0, 0.1) is 5.92 Å². The molecule has 4 N–H and O–H groups in total. The maximum absolute atomic E-state index is 12.3. The van der Waals surface area contributed by atoms with Gasteiger partial charge >= 0.3 is 0 Å². The third-order valence-electron chi connectivity index (χ3n) is 19.2. The number of ether oxygens (including phenoxy) is 11. The monoisotopic (exact) mass is 983 g/mol. The molecule has 0 amide bonds. The highest BCUT2D eigenvalue weighted by Gasteiger charge is 2.65. The topological polar surface area (TPSA) is 182 Å². The van der Waals surface area contributed by atoms with Gasteiger partial charge in [-0.2, -0.15) is 0 Å². The zero-order chi connectivity index (χ0) is 49.3. The van der Waals surface area contributed by atoms with E-state index < -0.39 is 64.6 Å². The zero-order valence-electron chi connectivity index (χ0n) is 42.4. The van der Waals surface area contributed by atoms with Crippen LogP contribution in [0.5, 0.6) is 0 Å². The van der Waals surface area contributed by atoms with Crippen LogP contribution in [0.3, 0.4) is 0 Å². The molecule has 11 saturated heterocycles. The molecule has 11 fully saturated rings. The van der Waals surface area contributed by atoms with Crippen molar-refractivity contribution in [2.45, 2.75) is 282 Å². The molecule has 11 aliphatic heterocycles. The molecule has 0 spiro atoms. The van der Waals surface area contributed by atoms with E-state index in [1.165, 1.54) is 0 Å². The highest BCUT2D eigenvalue weighted by molar-refractivity contribution is 5.26. The highest BCUT2D eigenvalue weighted by Crippen LogP contribution is 2.54. The van der Waals surface area contributed by atoms with Gasteiger partial charge in [0, 0.05) is 58.0 Å². The molecule has 0 aromatic rings. The van der Waals surface area contributed by atoms with Gasteiger partial charge in [-0.1, -0.05) is 43.9 Å². The van der Waals surface area contributed by atoms with Crippen molar-refractivity contribution >= 4 is 0 Å². The van der Waals surface area contributed by atoms with Crippen molar-refractivity contribution in [3.63, 3.8) is 0 Å². The molecule has 0 unspecified atom stereocenters. The molecule has 26 atom stereocenters. The molecule has 0 aromatic carbocycles. The lowest BCUT2D eigenvalue weighted by molar-refractivity contribution is -0.369. The van der Waals surface area contributed by atoms with Crippen LogP contribution in [0.2, 0.25) is 0 Å². The van der Waals surface area contributed by atoms with E-state index in [9.17, 15) is 20.4 Å². The summed E-state index contributed by atoms with van der Waals surface area (Å²) in [6, 6.07) is 0. The molecule has 0 aromatic heterocycles. The Labute approximate surface area is 414 Å². The second kappa shape index (κ2) is 18.6. The predicted molar refractivity (Wildman–Crippen MR) is 255 cm³/mol. The summed E-state index contributed by atoms with van der Waals surface area (Å²) in [6.45, 7) is 24.3. The summed E-state index contributed by atoms with van der Waals surface area (Å²) in [5.41, 5.74) is -2.77. The van der Waals surface area contributed by atoms with Crippen molar-refractivity contribution in [1.29, 1.82) is 0 Å². The summed E-state index contributed by atoms with van der Waals surface area (Å²) in [7, 11) is 0. The number of hydrogen-bond donors (Lipinski definition) is 4. The highest BCUT2D eigenvalue weighted by atomic mass is 16.7. The minimum Gasteiger partial charge on any atom is -0.396 e. The summed E-state index contributed by atoms with van der Waals surface area (Å²) >= 11 is 0. The van der Waals surface area contributed by atoms with E-state index in [4.69, 9.17) is 52.1 Å². The first-order valence-corrected chi connectivity index (χ1v) is 26.9. The molecule has 0 aliphatic carbocycles. The van der Waals surface area contributed by atoms with Crippen LogP contribution >= 0.6 is 0 Å². The zero-order valence-corrected chi connectivity index (χ0v) is 42.4. The number of allylic oxidation sites excluding steroid dienone is 3. The molecule has 70 heavy (non-hydrogen) atoms. The van der Waals surface area contributed by atoms with E-state index in [2.05, 4.69) is 40.5 Å². The van der Waals surface area contributed by atoms with Crippen LogP contribution < -0.4 is 0 Å². The van der Waals surface area contributed by atoms with E-state index in [1.54, 1.807) is 19.1 Å². The average molecular weight is 983 g/mol. The number of aliphatic hydroxyl groups excluding tert-OH is 3. The second-order valence-corrected chi connectivity index (χ2v) is 24.5. The molecule has 0 radical (unpaired) electrons. The summed E-state index contributed by atoms with van der Waals surface area (Å²) in [6.07, 6.45) is 7.17. The van der Waals surface area contributed by atoms with Crippen LogP contribution in [0.4, 0.5) is 0 Å². The Hall–Kier alpha value is -1.64. The average Bonchev–Trinajstić information content (AvgIpc) is 3.43. The molecule has 15 heteroatoms. The summed E-state index contributed by atoms with van der Waals surface area (Å²) in [5, 5.41) is 44.6. The van der Waals surface area contributed by atoms with Gasteiger partial charge in [0.15, 0.2) is 0 Å². The van der Waals surface area contributed by atoms with Crippen LogP contribution in [0.15, 0.2) is 49.1 Å². The summed E-state index contributed by atoms with van der Waals surface area (Å²) in [4.78, 5) is 0. The van der Waals surface area contributed by atoms with Gasteiger partial charge < -0.3 is 72.5 Å². The number of rotatable bonds is 7. The first kappa shape index (κ1) is 50.5. The first-order valence-electron chi connectivity index (χ1n) is 26.9. The van der Waals surface area contributed by atoms with Crippen molar-refractivity contribution in [2.75, 3.05) is 6.61 Å². The fourth-order valence-corrected chi connectivity index (χ4v) is 14.9. The maximum atomic E-state index is 12.3. The van der Waals surface area contributed by atoms with Crippen molar-refractivity contribution in [3.05, 3.63) is 49.1 Å². The molecule has 11 aliphatic rings. The van der Waals surface area contributed by atoms with Crippen LogP contribution in [-0.2, 0) is 52.1 Å². The van der Waals surface area contributed by atoms with Crippen LogP contribution in [0.1, 0.15) is 131 Å². The second-order valence-electron chi connectivity index (χ2n) is 24.5. The van der Waals surface area contributed by atoms with E-state index >= 15 is 0 Å². The minimum atomic E-state index is -1.33. The summed E-state index contributed by atoms with van der Waals surface area (Å²) in [5.74, 6) is 0.123. The Morgan fingerprint density at radius 3 is 1.93 bits per heavy atom. The Bertz CT molecular complexity index is 2010. The van der Waals surface area contributed by atoms with E-state index in [-0.39, 0.29) is 98.0 Å². The molecule has 392 valence electrons. The summed E-state index contributed by atoms with van der Waals surface area (Å²) < 4.78 is 76.2. The molecular formula is C55H82O15. The van der Waals surface area contributed by atoms with Gasteiger partial charge in [0.25, 0.3) is 0 Å². The molecule has 11 rings (SSSR count). The lowest BCUT2D eigenvalue weighted by Gasteiger charge is -2.61. The maximum Gasteiger partial charge on any atom is 0.120 e. The van der Waals surface area contributed by atoms with E-state index in [0.717, 1.165) is 43.3 Å². The fraction of sp³-hybridized carbons (Fsp3) is 0.855. The third kappa shape index (κ3) is 8.81. The fourth-order valence-electron chi connectivity index (χ4n) is 14.9. The first-order chi connectivity index (χ1) is 33.2. The quantitative estimate of drug-likeness (QED) is 0.188. The smallest absolute Gasteiger partial charge is 0.120 e. The third-order valence-corrected chi connectivity index (χ3v) is 19.2. The Kier molecular flexibility index (Phi) is 13.4. The van der Waals surface area contributed by atoms with Crippen molar-refractivity contribution < 1.29 is 72.5 Å². The Morgan fingerprint density at radius 1 is 0.671 bits per heavy atom. The lowest BCUT2D eigenvalue weighted by Crippen LogP contribution is -2.74. The van der Waals surface area contributed by atoms with Crippen molar-refractivity contribution in [3.8, 4) is 0 Å². The van der Waals surface area contributed by atoms with Crippen LogP contribution in [-0.4, -0.2) is 177 Å². The predicted octanol–water partition coefficient (Wildman–Crippen LogP) is 5.41. The largest absolute Gasteiger partial charge is 0.396 e. The van der Waals surface area contributed by atoms with E-state index in [0.29, 0.717) is 57.8 Å². The number of aliphatic hydroxyl groups is 4. The Balaban J connectivity index is 0.760. The number of hydrogen-bond acceptors (Lipinski definition) is 15. The standard InChI is InChI=1S/C55H82O15/c1-10-11-28(2)12-15-51(5,59)50-30(4)20-39-38(66-50)26-46-55(9,69-39)49(58)48-42(65-46)24-41-47(67-48)29(3)13-16-53(7)45(64-41)27-44-54(8,70-53)17-14-31-32(63-44)21-34-33(60-31)22-35-36(61-34)23-40-37(62-35)25-43(57)52(6,68-40)18-19-56/h10,12,15,29,31-50,56-59H,1-2,4,11,13-14,16-27H2,3,5-9H3/b15-12+/t29-,31-,32+,33+,34-,35-,36+,37+,38+,39-,40-,41-,42+,43-,44-,45+,46-,47+,48+,49+,50-,51+,52+,53-,54+,55+/m0/s1. The molecule has 0 saturated carbocycles. The lowest BCUT2D eigenvalue weighted by atomic mass is 9.73. The van der Waals surface area contributed by atoms with Gasteiger partial charge in [0.2, 0.25) is 0 Å². The SMILES string of the molecule is C=CCC(=C)/C=C/[C@@](C)(O)[C@H]1O[C@@H]2C[C@@H]3O[C@@H]4C[C@@H]5O[C@@H]6C[C@@H]7O[C@@H]8C[C@@H]9O[C@@H]%10C[C@@H]%11O[C@](C)(CCO)[C@@H](O)C[C@H]%11O[C@H]%10C[C@H]9O[C@H]8CC[C@@]7(C)O[C@@]6(C)CC[C@H](C)[C@H]5O[C@H]4[C@@H](O)[C@]3(C)O[C@H]2CC1=C.